The molecule has 0 radical (unpaired) electrons. The van der Waals surface area contributed by atoms with Crippen molar-refractivity contribution in [1.82, 2.24) is 24.5 Å². The molecule has 2 heterocycles. The Balaban J connectivity index is 2.12. The van der Waals surface area contributed by atoms with Gasteiger partial charge in [-0.3, -0.25) is 14.6 Å². The third-order valence-corrected chi connectivity index (χ3v) is 5.08. The van der Waals surface area contributed by atoms with Gasteiger partial charge in [0.2, 0.25) is 5.69 Å². The fourth-order valence-corrected chi connectivity index (χ4v) is 3.75. The molecule has 0 bridgehead atoms. The van der Waals surface area contributed by atoms with Crippen molar-refractivity contribution in [1.29, 1.82) is 5.26 Å². The van der Waals surface area contributed by atoms with Gasteiger partial charge < -0.3 is 0 Å². The maximum Gasteiger partial charge on any atom is 0.349 e. The second kappa shape index (κ2) is 8.26. The Morgan fingerprint density at radius 3 is 2.27 bits per heavy atom. The normalized spacial score (nSPS) is 12.0. The van der Waals surface area contributed by atoms with Crippen LogP contribution in [-0.2, 0) is 0 Å². The number of H-pyrrole nitrogens is 1. The van der Waals surface area contributed by atoms with Crippen LogP contribution in [0.3, 0.4) is 0 Å². The summed E-state index contributed by atoms with van der Waals surface area (Å²) in [7, 11) is 0. The van der Waals surface area contributed by atoms with Crippen molar-refractivity contribution in [3.63, 3.8) is 0 Å². The molecule has 0 amide bonds. The molecule has 0 fully saturated rings. The minimum atomic E-state index is -0.882. The highest BCUT2D eigenvalue weighted by Crippen LogP contribution is 2.36. The van der Waals surface area contributed by atoms with Gasteiger partial charge in [-0.05, 0) is 37.6 Å². The van der Waals surface area contributed by atoms with Gasteiger partial charge in [-0.1, -0.05) is 30.1 Å². The molecular weight excluding hydrogens is 431 g/mol. The molecule has 1 unspecified atom stereocenters. The van der Waals surface area contributed by atoms with Crippen LogP contribution in [0.2, 0.25) is 10.0 Å². The van der Waals surface area contributed by atoms with E-state index in [0.717, 1.165) is 4.68 Å². The molecule has 2 aromatic heterocycles. The van der Waals surface area contributed by atoms with Crippen molar-refractivity contribution in [3.05, 3.63) is 82.5 Å². The number of benzene rings is 1. The first-order valence-corrected chi connectivity index (χ1v) is 9.62. The first-order valence-electron chi connectivity index (χ1n) is 8.86. The summed E-state index contributed by atoms with van der Waals surface area (Å²) in [6, 6.07) is 7.44. The van der Waals surface area contributed by atoms with Crippen molar-refractivity contribution >= 4 is 23.2 Å². The van der Waals surface area contributed by atoms with Gasteiger partial charge in [0.25, 0.3) is 11.1 Å². The summed E-state index contributed by atoms with van der Waals surface area (Å²) in [6.07, 6.45) is 0. The number of nitriles is 1. The lowest BCUT2D eigenvalue weighted by Crippen LogP contribution is -2.33. The number of halogens is 2. The average molecular weight is 447 g/mol. The Kier molecular flexibility index (Phi) is 5.92. The van der Waals surface area contributed by atoms with E-state index in [0.29, 0.717) is 11.3 Å². The maximum absolute atomic E-state index is 12.1. The lowest BCUT2D eigenvalue weighted by Gasteiger charge is -2.18. The highest BCUT2D eigenvalue weighted by atomic mass is 35.5. The number of aromatic amines is 1. The lowest BCUT2D eigenvalue weighted by atomic mass is 9.97. The van der Waals surface area contributed by atoms with Crippen LogP contribution in [0.5, 0.6) is 0 Å². The Hall–Kier alpha value is -3.22. The van der Waals surface area contributed by atoms with Crippen LogP contribution < -0.4 is 16.8 Å². The van der Waals surface area contributed by atoms with E-state index in [1.807, 2.05) is 25.8 Å². The molecular formula is C19H16Cl2N6O3. The van der Waals surface area contributed by atoms with E-state index < -0.39 is 16.9 Å². The summed E-state index contributed by atoms with van der Waals surface area (Å²) in [4.78, 5) is 37.7. The summed E-state index contributed by atoms with van der Waals surface area (Å²) in [5.74, 6) is -0.361. The van der Waals surface area contributed by atoms with Crippen LogP contribution in [0, 0.1) is 11.3 Å². The number of nitrogens with zero attached hydrogens (tertiary/aromatic N) is 5. The molecule has 30 heavy (non-hydrogen) atoms. The molecule has 0 aliphatic heterocycles. The van der Waals surface area contributed by atoms with Gasteiger partial charge in [0.15, 0.2) is 0 Å². The fraction of sp³-hybridized carbons (Fsp3) is 0.263. The van der Waals surface area contributed by atoms with Crippen molar-refractivity contribution < 1.29 is 0 Å². The van der Waals surface area contributed by atoms with Crippen LogP contribution in [0.15, 0.2) is 38.6 Å². The predicted octanol–water partition coefficient (Wildman–Crippen LogP) is 2.39. The molecule has 0 saturated heterocycles. The molecule has 1 atom stereocenters. The zero-order valence-electron chi connectivity index (χ0n) is 16.2. The molecule has 0 spiro atoms. The van der Waals surface area contributed by atoms with E-state index in [4.69, 9.17) is 28.5 Å². The molecule has 1 aromatic carbocycles. The number of hydrogen-bond acceptors (Lipinski definition) is 6. The van der Waals surface area contributed by atoms with E-state index in [9.17, 15) is 14.4 Å². The van der Waals surface area contributed by atoms with Crippen molar-refractivity contribution in [3.8, 4) is 11.8 Å². The number of nitrogens with one attached hydrogen (secondary N) is 1. The summed E-state index contributed by atoms with van der Waals surface area (Å²) >= 11 is 12.9. The standard InChI is InChI=1S/C19H16Cl2N6O3/c1-9(2)26-16(28)5-4-14(24-26)10(3)17-12(20)6-11(7-13(17)21)27-19(30)23-18(29)15(8-22)25-27/h4-7,9-10H,1-3H3,(H,23,29,30). The Labute approximate surface area is 180 Å². The predicted molar refractivity (Wildman–Crippen MR) is 112 cm³/mol. The third-order valence-electron chi connectivity index (χ3n) is 4.45. The van der Waals surface area contributed by atoms with Gasteiger partial charge in [0.1, 0.15) is 6.07 Å². The third kappa shape index (κ3) is 3.92. The number of rotatable bonds is 4. The Bertz CT molecular complexity index is 1330. The molecule has 0 saturated carbocycles. The van der Waals surface area contributed by atoms with E-state index in [2.05, 4.69) is 10.2 Å². The monoisotopic (exact) mass is 446 g/mol. The van der Waals surface area contributed by atoms with Crippen LogP contribution in [0.1, 0.15) is 49.7 Å². The van der Waals surface area contributed by atoms with E-state index >= 15 is 0 Å². The zero-order chi connectivity index (χ0) is 22.2. The SMILES string of the molecule is CC(c1ccc(=O)n(C(C)C)n1)c1c(Cl)cc(-n2nc(C#N)c(=O)[nH]c2=O)cc1Cl. The molecule has 3 rings (SSSR count). The van der Waals surface area contributed by atoms with Crippen LogP contribution in [0.4, 0.5) is 0 Å². The summed E-state index contributed by atoms with van der Waals surface area (Å²) < 4.78 is 2.21. The summed E-state index contributed by atoms with van der Waals surface area (Å²) in [5.41, 5.74) is -1.10. The summed E-state index contributed by atoms with van der Waals surface area (Å²) in [5, 5.41) is 17.6. The van der Waals surface area contributed by atoms with Crippen molar-refractivity contribution in [2.24, 2.45) is 0 Å². The fourth-order valence-electron chi connectivity index (χ4n) is 2.94. The zero-order valence-corrected chi connectivity index (χ0v) is 17.7. The minimum Gasteiger partial charge on any atom is -0.270 e. The molecule has 0 aliphatic rings. The second-order valence-electron chi connectivity index (χ2n) is 6.81. The van der Waals surface area contributed by atoms with Gasteiger partial charge >= 0.3 is 5.69 Å². The van der Waals surface area contributed by atoms with Gasteiger partial charge in [-0.2, -0.15) is 15.0 Å². The van der Waals surface area contributed by atoms with Crippen LogP contribution in [-0.4, -0.2) is 24.5 Å². The molecule has 3 aromatic rings. The highest BCUT2D eigenvalue weighted by molar-refractivity contribution is 6.36. The molecule has 0 aliphatic carbocycles. The van der Waals surface area contributed by atoms with Gasteiger partial charge in [0.05, 0.1) is 17.4 Å². The van der Waals surface area contributed by atoms with Gasteiger partial charge in [0, 0.05) is 22.0 Å². The number of hydrogen-bond donors (Lipinski definition) is 1. The molecule has 1 N–H and O–H groups in total. The van der Waals surface area contributed by atoms with E-state index in [1.165, 1.54) is 22.9 Å². The molecule has 154 valence electrons. The highest BCUT2D eigenvalue weighted by Gasteiger charge is 2.21. The van der Waals surface area contributed by atoms with E-state index in [1.54, 1.807) is 12.1 Å². The van der Waals surface area contributed by atoms with Gasteiger partial charge in [-0.25, -0.2) is 9.48 Å². The Morgan fingerprint density at radius 2 is 1.70 bits per heavy atom. The van der Waals surface area contributed by atoms with Crippen molar-refractivity contribution in [2.75, 3.05) is 0 Å². The largest absolute Gasteiger partial charge is 0.349 e. The maximum atomic E-state index is 12.1. The van der Waals surface area contributed by atoms with Gasteiger partial charge in [-0.15, -0.1) is 5.10 Å². The second-order valence-corrected chi connectivity index (χ2v) is 7.63. The number of aromatic nitrogens is 5. The smallest absolute Gasteiger partial charge is 0.270 e. The van der Waals surface area contributed by atoms with E-state index in [-0.39, 0.29) is 33.3 Å². The van der Waals surface area contributed by atoms with Crippen LogP contribution in [0.25, 0.3) is 5.69 Å². The lowest BCUT2D eigenvalue weighted by molar-refractivity contribution is 0.490. The molecule has 9 nitrogen and oxygen atoms in total. The first kappa shape index (κ1) is 21.5. The van der Waals surface area contributed by atoms with Crippen LogP contribution >= 0.6 is 23.2 Å². The summed E-state index contributed by atoms with van der Waals surface area (Å²) in [6.45, 7) is 5.53. The van der Waals surface area contributed by atoms with Crippen molar-refractivity contribution in [2.45, 2.75) is 32.7 Å². The average Bonchev–Trinajstić information content (AvgIpc) is 2.67. The first-order chi connectivity index (χ1) is 14.1. The topological polar surface area (TPSA) is 126 Å². The Morgan fingerprint density at radius 1 is 1.07 bits per heavy atom. The quantitative estimate of drug-likeness (QED) is 0.655. The minimum absolute atomic E-state index is 0.120. The molecule has 11 heteroatoms.